The van der Waals surface area contributed by atoms with Gasteiger partial charge in [-0.3, -0.25) is 4.90 Å². The molecule has 4 nitrogen and oxygen atoms in total. The Balaban J connectivity index is 1.52. The smallest absolute Gasteiger partial charge is 0.265 e. The first-order valence-electron chi connectivity index (χ1n) is 8.49. The first-order valence-corrected chi connectivity index (χ1v) is 9.30. The lowest BCUT2D eigenvalue weighted by Gasteiger charge is -2.34. The number of halogens is 1. The van der Waals surface area contributed by atoms with Crippen molar-refractivity contribution in [3.63, 3.8) is 0 Å². The summed E-state index contributed by atoms with van der Waals surface area (Å²) in [7, 11) is 0. The normalized spacial score (nSPS) is 21.5. The molecule has 1 unspecified atom stereocenters. The Kier molecular flexibility index (Phi) is 4.39. The van der Waals surface area contributed by atoms with Crippen molar-refractivity contribution in [1.82, 2.24) is 15.0 Å². The van der Waals surface area contributed by atoms with Crippen LogP contribution >= 0.6 is 11.3 Å². The molecule has 1 aliphatic rings. The van der Waals surface area contributed by atoms with Crippen molar-refractivity contribution in [1.29, 1.82) is 0 Å². The fraction of sp³-hybridized carbons (Fsp3) is 0.368. The average molecular weight is 357 g/mol. The van der Waals surface area contributed by atoms with Crippen LogP contribution in [-0.4, -0.2) is 28.1 Å². The van der Waals surface area contributed by atoms with Gasteiger partial charge in [0.05, 0.1) is 0 Å². The lowest BCUT2D eigenvalue weighted by molar-refractivity contribution is 0.0128. The quantitative estimate of drug-likeness (QED) is 0.686. The molecule has 1 aromatic carbocycles. The molecule has 25 heavy (non-hydrogen) atoms. The number of benzene rings is 1. The van der Waals surface area contributed by atoms with Gasteiger partial charge in [-0.15, -0.1) is 11.3 Å². The molecular formula is C19H20FN3OS. The summed E-state index contributed by atoms with van der Waals surface area (Å²) in [5.74, 6) is 0.539. The predicted octanol–water partition coefficient (Wildman–Crippen LogP) is 4.57. The van der Waals surface area contributed by atoms with Gasteiger partial charge in [0.15, 0.2) is 0 Å². The molecule has 4 rings (SSSR count). The van der Waals surface area contributed by atoms with Gasteiger partial charge in [0.1, 0.15) is 0 Å². The molecule has 0 spiro atoms. The lowest BCUT2D eigenvalue weighted by atomic mass is 9.94. The number of nitrogens with zero attached hydrogens (tertiary/aromatic N) is 3. The minimum Gasteiger partial charge on any atom is -0.335 e. The summed E-state index contributed by atoms with van der Waals surface area (Å²) in [6.45, 7) is 4.04. The monoisotopic (exact) mass is 357 g/mol. The molecule has 0 bridgehead atoms. The van der Waals surface area contributed by atoms with Gasteiger partial charge in [0, 0.05) is 28.4 Å². The van der Waals surface area contributed by atoms with E-state index in [1.165, 1.54) is 9.75 Å². The van der Waals surface area contributed by atoms with Crippen molar-refractivity contribution in [2.24, 2.45) is 0 Å². The van der Waals surface area contributed by atoms with Crippen molar-refractivity contribution in [2.75, 3.05) is 13.1 Å². The maximum Gasteiger partial charge on any atom is 0.265 e. The van der Waals surface area contributed by atoms with Crippen LogP contribution in [0.15, 0.2) is 47.0 Å². The van der Waals surface area contributed by atoms with Crippen LogP contribution in [0.1, 0.15) is 28.5 Å². The standard InChI is InChI=1S/C19H20FN3OS/c1-14-8-9-16(25-14)12-23-11-5-10-19(20,13-23)18-21-17(22-24-18)15-6-3-2-4-7-15/h2-4,6-9H,5,10-13H2,1H3. The summed E-state index contributed by atoms with van der Waals surface area (Å²) in [6.07, 6.45) is 1.20. The van der Waals surface area contributed by atoms with Crippen LogP contribution in [0.2, 0.25) is 0 Å². The van der Waals surface area contributed by atoms with Crippen LogP contribution in [0.4, 0.5) is 4.39 Å². The van der Waals surface area contributed by atoms with E-state index in [0.29, 0.717) is 18.8 Å². The molecule has 3 heterocycles. The van der Waals surface area contributed by atoms with Gasteiger partial charge in [-0.1, -0.05) is 35.5 Å². The highest BCUT2D eigenvalue weighted by molar-refractivity contribution is 7.11. The van der Waals surface area contributed by atoms with Gasteiger partial charge in [-0.05, 0) is 38.4 Å². The van der Waals surface area contributed by atoms with E-state index < -0.39 is 5.67 Å². The van der Waals surface area contributed by atoms with Crippen LogP contribution < -0.4 is 0 Å². The van der Waals surface area contributed by atoms with Gasteiger partial charge in [-0.25, -0.2) is 4.39 Å². The number of thiophene rings is 1. The minimum absolute atomic E-state index is 0.0958. The maximum absolute atomic E-state index is 15.6. The Morgan fingerprint density at radius 2 is 2.08 bits per heavy atom. The SMILES string of the molecule is Cc1ccc(CN2CCCC(F)(c3nc(-c4ccccc4)no3)C2)s1. The second kappa shape index (κ2) is 6.69. The Hall–Kier alpha value is -2.05. The zero-order chi connectivity index (χ0) is 17.3. The van der Waals surface area contributed by atoms with E-state index in [2.05, 4.69) is 34.1 Å². The first kappa shape index (κ1) is 16.4. The lowest BCUT2D eigenvalue weighted by Crippen LogP contribution is -2.43. The van der Waals surface area contributed by atoms with E-state index in [-0.39, 0.29) is 5.89 Å². The van der Waals surface area contributed by atoms with Crippen molar-refractivity contribution in [3.05, 3.63) is 58.1 Å². The van der Waals surface area contributed by atoms with E-state index in [1.807, 2.05) is 30.3 Å². The zero-order valence-corrected chi connectivity index (χ0v) is 14.9. The summed E-state index contributed by atoms with van der Waals surface area (Å²) >= 11 is 1.76. The van der Waals surface area contributed by atoms with Gasteiger partial charge < -0.3 is 4.52 Å². The van der Waals surface area contributed by atoms with E-state index in [0.717, 1.165) is 25.1 Å². The van der Waals surface area contributed by atoms with Crippen LogP contribution in [-0.2, 0) is 12.2 Å². The van der Waals surface area contributed by atoms with E-state index >= 15 is 4.39 Å². The molecule has 0 N–H and O–H groups in total. The molecule has 0 aliphatic carbocycles. The molecule has 0 amide bonds. The second-order valence-electron chi connectivity index (χ2n) is 6.58. The van der Waals surface area contributed by atoms with Crippen LogP contribution in [0.25, 0.3) is 11.4 Å². The van der Waals surface area contributed by atoms with Crippen molar-refractivity contribution in [2.45, 2.75) is 32.0 Å². The van der Waals surface area contributed by atoms with Crippen molar-refractivity contribution < 1.29 is 8.91 Å². The molecule has 130 valence electrons. The van der Waals surface area contributed by atoms with Gasteiger partial charge in [0.25, 0.3) is 5.89 Å². The third-order valence-electron chi connectivity index (χ3n) is 4.54. The summed E-state index contributed by atoms with van der Waals surface area (Å²) in [4.78, 5) is 9.03. The number of aryl methyl sites for hydroxylation is 1. The van der Waals surface area contributed by atoms with Gasteiger partial charge in [0.2, 0.25) is 11.5 Å². The third-order valence-corrected chi connectivity index (χ3v) is 5.52. The van der Waals surface area contributed by atoms with Crippen LogP contribution in [0, 0.1) is 6.92 Å². The summed E-state index contributed by atoms with van der Waals surface area (Å²) in [5.41, 5.74) is -0.743. The number of hydrogen-bond acceptors (Lipinski definition) is 5. The largest absolute Gasteiger partial charge is 0.335 e. The maximum atomic E-state index is 15.6. The van der Waals surface area contributed by atoms with E-state index in [4.69, 9.17) is 4.52 Å². The van der Waals surface area contributed by atoms with E-state index in [9.17, 15) is 0 Å². The van der Waals surface area contributed by atoms with Gasteiger partial charge >= 0.3 is 0 Å². The number of alkyl halides is 1. The summed E-state index contributed by atoms with van der Waals surface area (Å²) < 4.78 is 20.9. The molecule has 1 aliphatic heterocycles. The summed E-state index contributed by atoms with van der Waals surface area (Å²) in [5, 5.41) is 3.98. The average Bonchev–Trinajstić information content (AvgIpc) is 3.26. The fourth-order valence-corrected chi connectivity index (χ4v) is 4.24. The number of piperidine rings is 1. The highest BCUT2D eigenvalue weighted by atomic mass is 32.1. The Morgan fingerprint density at radius 1 is 1.24 bits per heavy atom. The molecular weight excluding hydrogens is 337 g/mol. The molecule has 1 atom stereocenters. The van der Waals surface area contributed by atoms with Crippen molar-refractivity contribution >= 4 is 11.3 Å². The molecule has 0 radical (unpaired) electrons. The second-order valence-corrected chi connectivity index (χ2v) is 7.95. The molecule has 3 aromatic rings. The number of rotatable bonds is 4. The number of hydrogen-bond donors (Lipinski definition) is 0. The Morgan fingerprint density at radius 3 is 2.84 bits per heavy atom. The third kappa shape index (κ3) is 3.50. The highest BCUT2D eigenvalue weighted by Crippen LogP contribution is 2.36. The van der Waals surface area contributed by atoms with Crippen LogP contribution in [0.3, 0.4) is 0 Å². The van der Waals surface area contributed by atoms with Crippen LogP contribution in [0.5, 0.6) is 0 Å². The first-order chi connectivity index (χ1) is 12.1. The molecule has 2 aromatic heterocycles. The number of likely N-dealkylation sites (tertiary alicyclic amines) is 1. The fourth-order valence-electron chi connectivity index (χ4n) is 3.31. The van der Waals surface area contributed by atoms with Crippen molar-refractivity contribution in [3.8, 4) is 11.4 Å². The molecule has 6 heteroatoms. The Labute approximate surface area is 150 Å². The molecule has 0 saturated carbocycles. The predicted molar refractivity (Wildman–Crippen MR) is 96.1 cm³/mol. The Bertz CT molecular complexity index is 847. The molecule has 1 fully saturated rings. The van der Waals surface area contributed by atoms with E-state index in [1.54, 1.807) is 11.3 Å². The van der Waals surface area contributed by atoms with Gasteiger partial charge in [-0.2, -0.15) is 4.98 Å². The molecule has 1 saturated heterocycles. The minimum atomic E-state index is -1.58. The zero-order valence-electron chi connectivity index (χ0n) is 14.1. The summed E-state index contributed by atoms with van der Waals surface area (Å²) in [6, 6.07) is 13.7. The highest BCUT2D eigenvalue weighted by Gasteiger charge is 2.42. The number of aromatic nitrogens is 2. The topological polar surface area (TPSA) is 42.2 Å².